The maximum atomic E-state index is 12.3. The molecule has 0 radical (unpaired) electrons. The smallest absolute Gasteiger partial charge is 0.251 e. The summed E-state index contributed by atoms with van der Waals surface area (Å²) in [6.07, 6.45) is 0.366. The molecule has 1 heterocycles. The molecule has 0 aliphatic carbocycles. The first-order chi connectivity index (χ1) is 13.9. The van der Waals surface area contributed by atoms with Crippen molar-refractivity contribution in [3.63, 3.8) is 0 Å². The van der Waals surface area contributed by atoms with Gasteiger partial charge in [-0.25, -0.2) is 13.4 Å². The van der Waals surface area contributed by atoms with Crippen LogP contribution in [0.15, 0.2) is 69.2 Å². The van der Waals surface area contributed by atoms with Crippen molar-refractivity contribution in [1.82, 2.24) is 10.3 Å². The zero-order valence-electron chi connectivity index (χ0n) is 16.0. The maximum absolute atomic E-state index is 12.3. The van der Waals surface area contributed by atoms with E-state index < -0.39 is 9.84 Å². The standard InChI is InChI=1S/C21H22N2O3S3/c1-16-14-27-21(23-16)28-15-17-8-10-18(11-9-17)20(24)22-12-5-13-29(25,26)19-6-3-2-4-7-19/h2-4,6-11,14H,5,12-13,15H2,1H3,(H,22,24). The zero-order chi connectivity index (χ0) is 20.7. The SMILES string of the molecule is Cc1csc(SCc2ccc(C(=O)NCCCS(=O)(=O)c3ccccc3)cc2)n1. The second-order valence-electron chi connectivity index (χ2n) is 6.48. The Labute approximate surface area is 179 Å². The molecule has 0 spiro atoms. The van der Waals surface area contributed by atoms with E-state index in [4.69, 9.17) is 0 Å². The highest BCUT2D eigenvalue weighted by molar-refractivity contribution is 8.00. The monoisotopic (exact) mass is 446 g/mol. The van der Waals surface area contributed by atoms with Crippen LogP contribution in [0.3, 0.4) is 0 Å². The summed E-state index contributed by atoms with van der Waals surface area (Å²) in [4.78, 5) is 17.0. The van der Waals surface area contributed by atoms with E-state index in [9.17, 15) is 13.2 Å². The highest BCUT2D eigenvalue weighted by Gasteiger charge is 2.13. The molecule has 8 heteroatoms. The number of carbonyl (C=O) groups excluding carboxylic acids is 1. The number of rotatable bonds is 9. The third kappa shape index (κ3) is 6.42. The molecule has 0 aliphatic heterocycles. The van der Waals surface area contributed by atoms with Crippen LogP contribution in [0.5, 0.6) is 0 Å². The molecule has 0 atom stereocenters. The molecular formula is C21H22N2O3S3. The van der Waals surface area contributed by atoms with E-state index in [1.165, 1.54) is 0 Å². The van der Waals surface area contributed by atoms with Gasteiger partial charge in [0.1, 0.15) is 4.34 Å². The number of thiazole rings is 1. The molecule has 0 saturated heterocycles. The Morgan fingerprint density at radius 3 is 2.48 bits per heavy atom. The number of hydrogen-bond acceptors (Lipinski definition) is 6. The van der Waals surface area contributed by atoms with E-state index in [1.54, 1.807) is 65.6 Å². The van der Waals surface area contributed by atoms with Crippen molar-refractivity contribution in [3.05, 3.63) is 76.8 Å². The fraction of sp³-hybridized carbons (Fsp3) is 0.238. The summed E-state index contributed by atoms with van der Waals surface area (Å²) >= 11 is 3.31. The van der Waals surface area contributed by atoms with Crippen LogP contribution in [0, 0.1) is 6.92 Å². The number of sulfone groups is 1. The average molecular weight is 447 g/mol. The highest BCUT2D eigenvalue weighted by atomic mass is 32.2. The molecule has 0 aliphatic rings. The molecule has 1 N–H and O–H groups in total. The normalized spacial score (nSPS) is 11.3. The van der Waals surface area contributed by atoms with Crippen LogP contribution in [-0.4, -0.2) is 31.6 Å². The van der Waals surface area contributed by atoms with Crippen molar-refractivity contribution in [2.45, 2.75) is 28.3 Å². The molecule has 3 aromatic rings. The minimum atomic E-state index is -3.31. The van der Waals surface area contributed by atoms with E-state index in [0.29, 0.717) is 23.4 Å². The molecule has 1 amide bonds. The lowest BCUT2D eigenvalue weighted by atomic mass is 10.1. The number of benzene rings is 2. The number of aromatic nitrogens is 1. The molecule has 152 valence electrons. The number of nitrogens with zero attached hydrogens (tertiary/aromatic N) is 1. The molecule has 2 aromatic carbocycles. The summed E-state index contributed by atoms with van der Waals surface area (Å²) in [5, 5.41) is 4.81. The Morgan fingerprint density at radius 1 is 1.10 bits per heavy atom. The molecule has 0 fully saturated rings. The van der Waals surface area contributed by atoms with Gasteiger partial charge in [-0.05, 0) is 43.2 Å². The largest absolute Gasteiger partial charge is 0.352 e. The van der Waals surface area contributed by atoms with E-state index in [2.05, 4.69) is 10.3 Å². The molecule has 29 heavy (non-hydrogen) atoms. The summed E-state index contributed by atoms with van der Waals surface area (Å²) in [5.74, 6) is 0.604. The van der Waals surface area contributed by atoms with Crippen molar-refractivity contribution in [1.29, 1.82) is 0 Å². The second kappa shape index (κ2) is 10.0. The topological polar surface area (TPSA) is 76.1 Å². The van der Waals surface area contributed by atoms with Gasteiger partial charge in [0.05, 0.1) is 10.6 Å². The Morgan fingerprint density at radius 2 is 1.83 bits per heavy atom. The molecular weight excluding hydrogens is 424 g/mol. The predicted molar refractivity (Wildman–Crippen MR) is 118 cm³/mol. The fourth-order valence-electron chi connectivity index (χ4n) is 2.61. The quantitative estimate of drug-likeness (QED) is 0.391. The lowest BCUT2D eigenvalue weighted by Gasteiger charge is -2.07. The van der Waals surface area contributed by atoms with Crippen molar-refractivity contribution < 1.29 is 13.2 Å². The lowest BCUT2D eigenvalue weighted by Crippen LogP contribution is -2.26. The summed E-state index contributed by atoms with van der Waals surface area (Å²) in [7, 11) is -3.31. The van der Waals surface area contributed by atoms with Gasteiger partial charge >= 0.3 is 0 Å². The van der Waals surface area contributed by atoms with Gasteiger partial charge in [0.15, 0.2) is 9.84 Å². The summed E-state index contributed by atoms with van der Waals surface area (Å²) in [5.41, 5.74) is 2.71. The minimum absolute atomic E-state index is 0.00365. The Kier molecular flexibility index (Phi) is 7.46. The van der Waals surface area contributed by atoms with E-state index in [0.717, 1.165) is 21.3 Å². The summed E-state index contributed by atoms with van der Waals surface area (Å²) in [6.45, 7) is 2.29. The van der Waals surface area contributed by atoms with Crippen molar-refractivity contribution >= 4 is 38.8 Å². The first kappa shape index (κ1) is 21.5. The Bertz CT molecular complexity index is 1050. The third-order valence-corrected chi connectivity index (χ3v) is 8.18. The van der Waals surface area contributed by atoms with Crippen molar-refractivity contribution in [2.24, 2.45) is 0 Å². The molecule has 5 nitrogen and oxygen atoms in total. The number of carbonyl (C=O) groups is 1. The van der Waals surface area contributed by atoms with Crippen LogP contribution < -0.4 is 5.32 Å². The average Bonchev–Trinajstić information content (AvgIpc) is 3.16. The maximum Gasteiger partial charge on any atom is 0.251 e. The Balaban J connectivity index is 1.43. The van der Waals surface area contributed by atoms with Gasteiger partial charge < -0.3 is 5.32 Å². The molecule has 3 rings (SSSR count). The summed E-state index contributed by atoms with van der Waals surface area (Å²) in [6, 6.07) is 15.8. The lowest BCUT2D eigenvalue weighted by molar-refractivity contribution is 0.0953. The van der Waals surface area contributed by atoms with Crippen LogP contribution in [0.4, 0.5) is 0 Å². The van der Waals surface area contributed by atoms with Gasteiger partial charge in [-0.3, -0.25) is 4.79 Å². The molecule has 1 aromatic heterocycles. The van der Waals surface area contributed by atoms with E-state index in [1.807, 2.05) is 24.4 Å². The van der Waals surface area contributed by atoms with Gasteiger partial charge in [0.2, 0.25) is 0 Å². The minimum Gasteiger partial charge on any atom is -0.352 e. The van der Waals surface area contributed by atoms with Crippen LogP contribution in [0.2, 0.25) is 0 Å². The van der Waals surface area contributed by atoms with Crippen LogP contribution in [0.1, 0.15) is 28.0 Å². The molecule has 0 saturated carbocycles. The predicted octanol–water partition coefficient (Wildman–Crippen LogP) is 4.34. The Hall–Kier alpha value is -2.16. The third-order valence-electron chi connectivity index (χ3n) is 4.15. The fourth-order valence-corrected chi connectivity index (χ4v) is 5.75. The van der Waals surface area contributed by atoms with Gasteiger partial charge in [-0.1, -0.05) is 42.1 Å². The second-order valence-corrected chi connectivity index (χ2v) is 10.7. The zero-order valence-corrected chi connectivity index (χ0v) is 18.4. The van der Waals surface area contributed by atoms with Crippen LogP contribution >= 0.6 is 23.1 Å². The number of nitrogens with one attached hydrogen (secondary N) is 1. The van der Waals surface area contributed by atoms with Crippen molar-refractivity contribution in [3.8, 4) is 0 Å². The molecule has 0 unspecified atom stereocenters. The summed E-state index contributed by atoms with van der Waals surface area (Å²) < 4.78 is 25.5. The first-order valence-electron chi connectivity index (χ1n) is 9.14. The number of hydrogen-bond donors (Lipinski definition) is 1. The van der Waals surface area contributed by atoms with Gasteiger partial charge in [0, 0.05) is 28.9 Å². The first-order valence-corrected chi connectivity index (χ1v) is 12.7. The van der Waals surface area contributed by atoms with E-state index in [-0.39, 0.29) is 11.7 Å². The van der Waals surface area contributed by atoms with Gasteiger partial charge in [0.25, 0.3) is 5.91 Å². The van der Waals surface area contributed by atoms with Crippen LogP contribution in [0.25, 0.3) is 0 Å². The van der Waals surface area contributed by atoms with Crippen LogP contribution in [-0.2, 0) is 15.6 Å². The van der Waals surface area contributed by atoms with Crippen molar-refractivity contribution in [2.75, 3.05) is 12.3 Å². The number of thioether (sulfide) groups is 1. The van der Waals surface area contributed by atoms with Gasteiger partial charge in [-0.15, -0.1) is 11.3 Å². The van der Waals surface area contributed by atoms with Gasteiger partial charge in [-0.2, -0.15) is 0 Å². The highest BCUT2D eigenvalue weighted by Crippen LogP contribution is 2.26. The number of amides is 1. The van der Waals surface area contributed by atoms with E-state index >= 15 is 0 Å². The number of aryl methyl sites for hydroxylation is 1. The molecule has 0 bridgehead atoms.